The predicted octanol–water partition coefficient (Wildman–Crippen LogP) is 3.35. The van der Waals surface area contributed by atoms with E-state index < -0.39 is 5.97 Å². The number of aryl methyl sites for hydroxylation is 1. The lowest BCUT2D eigenvalue weighted by Crippen LogP contribution is -2.06. The van der Waals surface area contributed by atoms with E-state index in [1.165, 1.54) is 23.8 Å². The van der Waals surface area contributed by atoms with Gasteiger partial charge in [0.05, 0.1) is 12.1 Å². The van der Waals surface area contributed by atoms with Crippen molar-refractivity contribution >= 4 is 35.0 Å². The molecule has 0 amide bonds. The molecule has 0 spiro atoms. The lowest BCUT2D eigenvalue weighted by Gasteiger charge is -2.02. The van der Waals surface area contributed by atoms with Crippen molar-refractivity contribution in [1.29, 1.82) is 0 Å². The van der Waals surface area contributed by atoms with Crippen LogP contribution < -0.4 is 0 Å². The Morgan fingerprint density at radius 2 is 1.90 bits per heavy atom. The van der Waals surface area contributed by atoms with Crippen LogP contribution >= 0.6 is 23.2 Å². The molecule has 4 nitrogen and oxygen atoms in total. The van der Waals surface area contributed by atoms with Gasteiger partial charge in [-0.3, -0.25) is 4.79 Å². The van der Waals surface area contributed by atoms with Gasteiger partial charge in [0.15, 0.2) is 5.78 Å². The molecule has 0 aliphatic rings. The van der Waals surface area contributed by atoms with Crippen LogP contribution in [0, 0.1) is 0 Å². The van der Waals surface area contributed by atoms with Crippen LogP contribution in [-0.4, -0.2) is 23.4 Å². The maximum absolute atomic E-state index is 12.4. The normalized spacial score (nSPS) is 10.4. The summed E-state index contributed by atoms with van der Waals surface area (Å²) in [7, 11) is 2.94. The average Bonchev–Trinajstić information content (AvgIpc) is 2.79. The number of nitrogens with zero attached hydrogens (tertiary/aromatic N) is 1. The zero-order chi connectivity index (χ0) is 14.9. The van der Waals surface area contributed by atoms with E-state index >= 15 is 0 Å². The van der Waals surface area contributed by atoms with Gasteiger partial charge in [-0.2, -0.15) is 0 Å². The first-order chi connectivity index (χ1) is 9.43. The molecule has 1 aromatic heterocycles. The molecule has 104 valence electrons. The quantitative estimate of drug-likeness (QED) is 0.645. The number of ether oxygens (including phenoxy) is 1. The highest BCUT2D eigenvalue weighted by atomic mass is 35.5. The summed E-state index contributed by atoms with van der Waals surface area (Å²) in [6.45, 7) is 0. The summed E-state index contributed by atoms with van der Waals surface area (Å²) in [5, 5.41) is 0.723. The number of hydrogen-bond donors (Lipinski definition) is 0. The zero-order valence-corrected chi connectivity index (χ0v) is 12.3. The van der Waals surface area contributed by atoms with E-state index in [1.54, 1.807) is 25.4 Å². The number of methoxy groups -OCH3 is 1. The molecule has 0 saturated carbocycles. The molecule has 6 heteroatoms. The van der Waals surface area contributed by atoms with E-state index in [2.05, 4.69) is 4.74 Å². The molecule has 20 heavy (non-hydrogen) atoms. The number of hydrogen-bond acceptors (Lipinski definition) is 3. The number of carbonyl (C=O) groups excluding carboxylic acids is 2. The van der Waals surface area contributed by atoms with Crippen molar-refractivity contribution in [2.45, 2.75) is 0 Å². The lowest BCUT2D eigenvalue weighted by molar-refractivity contribution is 0.0590. The van der Waals surface area contributed by atoms with E-state index in [4.69, 9.17) is 23.2 Å². The third kappa shape index (κ3) is 2.71. The van der Waals surface area contributed by atoms with Gasteiger partial charge in [0.2, 0.25) is 0 Å². The van der Waals surface area contributed by atoms with Crippen LogP contribution in [0.25, 0.3) is 0 Å². The van der Waals surface area contributed by atoms with Crippen LogP contribution in [-0.2, 0) is 11.8 Å². The number of halogens is 2. The average molecular weight is 312 g/mol. The number of ketones is 1. The van der Waals surface area contributed by atoms with Crippen molar-refractivity contribution < 1.29 is 14.3 Å². The van der Waals surface area contributed by atoms with Gasteiger partial charge in [-0.05, 0) is 24.3 Å². The first kappa shape index (κ1) is 14.6. The standard InChI is InChI=1S/C14H11Cl2NO3/c1-17-7-8(5-12(17)14(19)20-2)13(18)10-4-3-9(15)6-11(10)16/h3-7H,1-2H3. The van der Waals surface area contributed by atoms with Crippen molar-refractivity contribution in [3.8, 4) is 0 Å². The molecule has 1 aromatic carbocycles. The molecule has 0 radical (unpaired) electrons. The monoisotopic (exact) mass is 311 g/mol. The SMILES string of the molecule is COC(=O)c1cc(C(=O)c2ccc(Cl)cc2Cl)cn1C. The Morgan fingerprint density at radius 3 is 2.50 bits per heavy atom. The summed E-state index contributed by atoms with van der Waals surface area (Å²) in [4.78, 5) is 23.9. The van der Waals surface area contributed by atoms with E-state index in [0.717, 1.165) is 0 Å². The summed E-state index contributed by atoms with van der Waals surface area (Å²) in [5.74, 6) is -0.786. The Morgan fingerprint density at radius 1 is 1.20 bits per heavy atom. The zero-order valence-electron chi connectivity index (χ0n) is 10.8. The topological polar surface area (TPSA) is 48.3 Å². The van der Waals surface area contributed by atoms with Gasteiger partial charge in [0.25, 0.3) is 0 Å². The van der Waals surface area contributed by atoms with Gasteiger partial charge in [-0.25, -0.2) is 4.79 Å². The van der Waals surface area contributed by atoms with E-state index in [-0.39, 0.29) is 10.8 Å². The molecule has 0 fully saturated rings. The first-order valence-electron chi connectivity index (χ1n) is 5.68. The molecule has 0 aliphatic heterocycles. The van der Waals surface area contributed by atoms with Crippen molar-refractivity contribution in [1.82, 2.24) is 4.57 Å². The molecule has 0 unspecified atom stereocenters. The van der Waals surface area contributed by atoms with Gasteiger partial charge in [0.1, 0.15) is 5.69 Å². The Balaban J connectivity index is 2.41. The van der Waals surface area contributed by atoms with Gasteiger partial charge in [0, 0.05) is 29.4 Å². The summed E-state index contributed by atoms with van der Waals surface area (Å²) >= 11 is 11.8. The molecular weight excluding hydrogens is 301 g/mol. The highest BCUT2D eigenvalue weighted by Gasteiger charge is 2.19. The lowest BCUT2D eigenvalue weighted by atomic mass is 10.1. The second-order valence-corrected chi connectivity index (χ2v) is 5.01. The molecule has 2 rings (SSSR count). The predicted molar refractivity (Wildman–Crippen MR) is 76.6 cm³/mol. The van der Waals surface area contributed by atoms with Crippen molar-refractivity contribution in [2.75, 3.05) is 7.11 Å². The smallest absolute Gasteiger partial charge is 0.354 e. The largest absolute Gasteiger partial charge is 0.464 e. The molecule has 0 bridgehead atoms. The second-order valence-electron chi connectivity index (χ2n) is 4.17. The Kier molecular flexibility index (Phi) is 4.16. The van der Waals surface area contributed by atoms with Crippen molar-refractivity contribution in [3.63, 3.8) is 0 Å². The fourth-order valence-electron chi connectivity index (χ4n) is 1.83. The molecule has 1 heterocycles. The molecule has 2 aromatic rings. The molecule has 0 N–H and O–H groups in total. The van der Waals surface area contributed by atoms with Crippen LogP contribution in [0.4, 0.5) is 0 Å². The maximum Gasteiger partial charge on any atom is 0.354 e. The number of benzene rings is 1. The third-order valence-electron chi connectivity index (χ3n) is 2.84. The molecule has 0 aliphatic carbocycles. The Hall–Kier alpha value is -1.78. The van der Waals surface area contributed by atoms with Gasteiger partial charge in [-0.15, -0.1) is 0 Å². The van der Waals surface area contributed by atoms with Crippen molar-refractivity contribution in [3.05, 3.63) is 57.3 Å². The highest BCUT2D eigenvalue weighted by molar-refractivity contribution is 6.37. The first-order valence-corrected chi connectivity index (χ1v) is 6.44. The summed E-state index contributed by atoms with van der Waals surface area (Å²) in [6, 6.07) is 6.11. The Bertz CT molecular complexity index is 692. The highest BCUT2D eigenvalue weighted by Crippen LogP contribution is 2.24. The van der Waals surface area contributed by atoms with E-state index in [9.17, 15) is 9.59 Å². The van der Waals surface area contributed by atoms with Crippen LogP contribution in [0.15, 0.2) is 30.5 Å². The molecular formula is C14H11Cl2NO3. The minimum absolute atomic E-state index is 0.269. The van der Waals surface area contributed by atoms with Gasteiger partial charge >= 0.3 is 5.97 Å². The fourth-order valence-corrected chi connectivity index (χ4v) is 2.32. The van der Waals surface area contributed by atoms with Gasteiger partial charge < -0.3 is 9.30 Å². The molecule has 0 saturated heterocycles. The summed E-state index contributed by atoms with van der Waals surface area (Å²) in [5.41, 5.74) is 0.983. The van der Waals surface area contributed by atoms with Crippen LogP contribution in [0.5, 0.6) is 0 Å². The minimum Gasteiger partial charge on any atom is -0.464 e. The van der Waals surface area contributed by atoms with E-state index in [1.807, 2.05) is 0 Å². The number of esters is 1. The number of rotatable bonds is 3. The fraction of sp³-hybridized carbons (Fsp3) is 0.143. The summed E-state index contributed by atoms with van der Waals surface area (Å²) in [6.07, 6.45) is 1.56. The van der Waals surface area contributed by atoms with Crippen LogP contribution in [0.1, 0.15) is 26.4 Å². The van der Waals surface area contributed by atoms with Crippen LogP contribution in [0.2, 0.25) is 10.0 Å². The number of carbonyl (C=O) groups is 2. The van der Waals surface area contributed by atoms with Crippen molar-refractivity contribution in [2.24, 2.45) is 7.05 Å². The van der Waals surface area contributed by atoms with Gasteiger partial charge in [-0.1, -0.05) is 23.2 Å². The third-order valence-corrected chi connectivity index (χ3v) is 3.39. The second kappa shape index (κ2) is 5.69. The minimum atomic E-state index is -0.506. The molecule has 0 atom stereocenters. The maximum atomic E-state index is 12.4. The number of aromatic nitrogens is 1. The Labute approximate surface area is 125 Å². The summed E-state index contributed by atoms with van der Waals surface area (Å²) < 4.78 is 6.17. The van der Waals surface area contributed by atoms with E-state index in [0.29, 0.717) is 21.8 Å². The van der Waals surface area contributed by atoms with Crippen LogP contribution in [0.3, 0.4) is 0 Å².